The fourth-order valence-corrected chi connectivity index (χ4v) is 4.38. The quantitative estimate of drug-likeness (QED) is 0.279. The highest BCUT2D eigenvalue weighted by Gasteiger charge is 2.37. The summed E-state index contributed by atoms with van der Waals surface area (Å²) in [4.78, 5) is -0.0434. The predicted molar refractivity (Wildman–Crippen MR) is 130 cm³/mol. The fourth-order valence-electron chi connectivity index (χ4n) is 4.12. The molecule has 1 heterocycles. The van der Waals surface area contributed by atoms with E-state index in [0.717, 1.165) is 18.1 Å². The van der Waals surface area contributed by atoms with Crippen molar-refractivity contribution in [3.8, 4) is 11.8 Å². The first-order chi connectivity index (χ1) is 16.2. The smallest absolute Gasteiger partial charge is 0.342 e. The number of thiocarbonyl (C=S) groups is 1. The number of aryl methyl sites for hydroxylation is 1. The Balaban J connectivity index is 2.16. The van der Waals surface area contributed by atoms with E-state index in [1.54, 1.807) is 31.2 Å². The Labute approximate surface area is 202 Å². The molecule has 0 unspecified atom stereocenters. The summed E-state index contributed by atoms with van der Waals surface area (Å²) in [5.74, 6) is -0.445. The molecule has 0 amide bonds. The van der Waals surface area contributed by atoms with Gasteiger partial charge >= 0.3 is 6.18 Å². The van der Waals surface area contributed by atoms with Crippen molar-refractivity contribution in [1.29, 1.82) is 5.26 Å². The van der Waals surface area contributed by atoms with Crippen LogP contribution in [0.2, 0.25) is 0 Å². The summed E-state index contributed by atoms with van der Waals surface area (Å²) < 4.78 is 58.3. The van der Waals surface area contributed by atoms with Crippen LogP contribution in [0.15, 0.2) is 42.5 Å². The Morgan fingerprint density at radius 3 is 2.41 bits per heavy atom. The van der Waals surface area contributed by atoms with Crippen molar-refractivity contribution in [1.82, 2.24) is 4.57 Å². The summed E-state index contributed by atoms with van der Waals surface area (Å²) in [5.41, 5.74) is 1.54. The Bertz CT molecular complexity index is 1250. The highest BCUT2D eigenvalue weighted by Crippen LogP contribution is 2.37. The van der Waals surface area contributed by atoms with Crippen molar-refractivity contribution in [3.63, 3.8) is 0 Å². The van der Waals surface area contributed by atoms with Gasteiger partial charge in [0.25, 0.3) is 0 Å². The van der Waals surface area contributed by atoms with Gasteiger partial charge < -0.3 is 9.88 Å². The summed E-state index contributed by atoms with van der Waals surface area (Å²) in [6.45, 7) is 5.52. The van der Waals surface area contributed by atoms with Crippen LogP contribution in [0.5, 0.6) is 0 Å². The average Bonchev–Trinajstić information content (AvgIpc) is 3.22. The van der Waals surface area contributed by atoms with E-state index in [-0.39, 0.29) is 28.5 Å². The first kappa shape index (κ1) is 25.4. The topological polar surface area (TPSA) is 40.8 Å². The minimum atomic E-state index is -4.60. The summed E-state index contributed by atoms with van der Waals surface area (Å²) in [6, 6.07) is 12.6. The first-order valence-corrected chi connectivity index (χ1v) is 11.5. The monoisotopic (exact) mass is 487 g/mol. The van der Waals surface area contributed by atoms with Gasteiger partial charge in [0.1, 0.15) is 10.8 Å². The molecule has 1 aromatic heterocycles. The number of anilines is 1. The van der Waals surface area contributed by atoms with E-state index in [1.165, 1.54) is 10.6 Å². The minimum absolute atomic E-state index is 0.00946. The van der Waals surface area contributed by atoms with Gasteiger partial charge in [-0.1, -0.05) is 51.5 Å². The van der Waals surface area contributed by atoms with Crippen molar-refractivity contribution in [2.45, 2.75) is 52.6 Å². The van der Waals surface area contributed by atoms with Crippen LogP contribution in [0, 0.1) is 17.1 Å². The molecule has 0 saturated carbocycles. The zero-order valence-corrected chi connectivity index (χ0v) is 20.0. The molecule has 178 valence electrons. The summed E-state index contributed by atoms with van der Waals surface area (Å²) in [5, 5.41) is 12.1. The Morgan fingerprint density at radius 2 is 1.82 bits per heavy atom. The van der Waals surface area contributed by atoms with Crippen molar-refractivity contribution in [2.75, 3.05) is 5.32 Å². The molecule has 3 aromatic rings. The lowest BCUT2D eigenvalue weighted by molar-refractivity contribution is -0.138. The normalized spacial score (nSPS) is 11.4. The fraction of sp³-hybridized carbons (Fsp3) is 0.308. The van der Waals surface area contributed by atoms with Crippen LogP contribution in [-0.4, -0.2) is 9.56 Å². The Morgan fingerprint density at radius 1 is 1.09 bits per heavy atom. The number of halogens is 4. The molecule has 0 bridgehead atoms. The number of alkyl halides is 3. The zero-order valence-electron chi connectivity index (χ0n) is 19.2. The van der Waals surface area contributed by atoms with Gasteiger partial charge in [-0.2, -0.15) is 18.4 Å². The van der Waals surface area contributed by atoms with E-state index in [9.17, 15) is 18.4 Å². The highest BCUT2D eigenvalue weighted by atomic mass is 32.1. The molecule has 8 heteroatoms. The van der Waals surface area contributed by atoms with Gasteiger partial charge in [0.2, 0.25) is 0 Å². The standard InChI is InChI=1S/C26H25F4N3S/c1-4-8-19-17(5-2)11-12-21(24(19)27)32-25(34)23-14-20(26(28,29)30)22(6-3)33(23)18-10-7-9-16(13-18)15-31/h7,9-14H,4-6,8H2,1-3H3,(H,32,34). The Hall–Kier alpha value is -3.18. The number of nitrogens with zero attached hydrogens (tertiary/aromatic N) is 2. The summed E-state index contributed by atoms with van der Waals surface area (Å²) in [6.07, 6.45) is -2.55. The third-order valence-electron chi connectivity index (χ3n) is 5.68. The van der Waals surface area contributed by atoms with Crippen LogP contribution in [0.3, 0.4) is 0 Å². The number of nitriles is 1. The molecule has 0 fully saturated rings. The second kappa shape index (κ2) is 10.4. The molecule has 3 rings (SSSR count). The first-order valence-electron chi connectivity index (χ1n) is 11.1. The van der Waals surface area contributed by atoms with E-state index in [0.29, 0.717) is 29.7 Å². The minimum Gasteiger partial charge on any atom is -0.342 e. The van der Waals surface area contributed by atoms with E-state index >= 15 is 4.39 Å². The van der Waals surface area contributed by atoms with Crippen LogP contribution in [0.1, 0.15) is 60.8 Å². The number of aromatic nitrogens is 1. The molecule has 0 radical (unpaired) electrons. The third kappa shape index (κ3) is 5.00. The molecule has 2 aromatic carbocycles. The molecule has 0 saturated heterocycles. The molecule has 34 heavy (non-hydrogen) atoms. The van der Waals surface area contributed by atoms with Gasteiger partial charge in [0.05, 0.1) is 28.6 Å². The van der Waals surface area contributed by atoms with Crippen molar-refractivity contribution < 1.29 is 17.6 Å². The lowest BCUT2D eigenvalue weighted by Crippen LogP contribution is -2.18. The second-order valence-corrected chi connectivity index (χ2v) is 8.27. The van der Waals surface area contributed by atoms with E-state index in [2.05, 4.69) is 5.32 Å². The van der Waals surface area contributed by atoms with Crippen LogP contribution in [0.4, 0.5) is 23.2 Å². The predicted octanol–water partition coefficient (Wildman–Crippen LogP) is 7.37. The van der Waals surface area contributed by atoms with E-state index < -0.39 is 17.6 Å². The summed E-state index contributed by atoms with van der Waals surface area (Å²) in [7, 11) is 0. The lowest BCUT2D eigenvalue weighted by atomic mass is 9.99. The maximum Gasteiger partial charge on any atom is 0.418 e. The number of hydrogen-bond acceptors (Lipinski definition) is 2. The van der Waals surface area contributed by atoms with E-state index in [1.807, 2.05) is 26.0 Å². The maximum atomic E-state index is 15.3. The molecule has 0 atom stereocenters. The zero-order chi connectivity index (χ0) is 25.0. The van der Waals surface area contributed by atoms with Crippen LogP contribution < -0.4 is 5.32 Å². The highest BCUT2D eigenvalue weighted by molar-refractivity contribution is 7.81. The molecule has 0 aliphatic rings. The SMILES string of the molecule is CCCc1c(CC)ccc(NC(=S)c2cc(C(F)(F)F)c(CC)n2-c2cccc(C#N)c2)c1F. The molecular formula is C26H25F4N3S. The molecular weight excluding hydrogens is 462 g/mol. The average molecular weight is 488 g/mol. The summed E-state index contributed by atoms with van der Waals surface area (Å²) >= 11 is 5.49. The van der Waals surface area contributed by atoms with Crippen LogP contribution in [0.25, 0.3) is 5.69 Å². The number of benzene rings is 2. The van der Waals surface area contributed by atoms with Crippen LogP contribution >= 0.6 is 12.2 Å². The largest absolute Gasteiger partial charge is 0.418 e. The Kier molecular flexibility index (Phi) is 7.78. The molecule has 3 nitrogen and oxygen atoms in total. The number of hydrogen-bond donors (Lipinski definition) is 1. The third-order valence-corrected chi connectivity index (χ3v) is 5.99. The van der Waals surface area contributed by atoms with Crippen molar-refractivity contribution in [3.05, 3.63) is 81.9 Å². The van der Waals surface area contributed by atoms with Gasteiger partial charge in [0.15, 0.2) is 0 Å². The van der Waals surface area contributed by atoms with Gasteiger partial charge in [-0.05, 0) is 60.7 Å². The van der Waals surface area contributed by atoms with Gasteiger partial charge in [-0.25, -0.2) is 4.39 Å². The van der Waals surface area contributed by atoms with Crippen molar-refractivity contribution in [2.24, 2.45) is 0 Å². The van der Waals surface area contributed by atoms with Gasteiger partial charge in [0, 0.05) is 11.4 Å². The second-order valence-electron chi connectivity index (χ2n) is 7.86. The van der Waals surface area contributed by atoms with Crippen LogP contribution in [-0.2, 0) is 25.4 Å². The van der Waals surface area contributed by atoms with Gasteiger partial charge in [-0.15, -0.1) is 0 Å². The van der Waals surface area contributed by atoms with Crippen molar-refractivity contribution >= 4 is 22.9 Å². The molecule has 0 aliphatic carbocycles. The number of nitrogens with one attached hydrogen (secondary N) is 1. The maximum absolute atomic E-state index is 15.3. The lowest BCUT2D eigenvalue weighted by Gasteiger charge is -2.17. The molecule has 1 N–H and O–H groups in total. The van der Waals surface area contributed by atoms with Gasteiger partial charge in [-0.3, -0.25) is 0 Å². The number of rotatable bonds is 7. The van der Waals surface area contributed by atoms with E-state index in [4.69, 9.17) is 12.2 Å². The molecule has 0 aliphatic heterocycles. The molecule has 0 spiro atoms.